The number of hydrogen-bond acceptors (Lipinski definition) is 3. The van der Waals surface area contributed by atoms with Gasteiger partial charge < -0.3 is 15.9 Å². The maximum Gasteiger partial charge on any atom is 0.321 e. The predicted molar refractivity (Wildman–Crippen MR) is 64.2 cm³/mol. The fourth-order valence-electron chi connectivity index (χ4n) is 2.77. The van der Waals surface area contributed by atoms with Gasteiger partial charge in [-0.2, -0.15) is 0 Å². The summed E-state index contributed by atoms with van der Waals surface area (Å²) in [7, 11) is 0. The lowest BCUT2D eigenvalue weighted by molar-refractivity contribution is -0.141. The number of fused-ring (bicyclic) bond motifs is 1. The van der Waals surface area contributed by atoms with E-state index in [4.69, 9.17) is 15.9 Å². The van der Waals surface area contributed by atoms with E-state index in [0.717, 1.165) is 11.1 Å². The number of carboxylic acid groups (broad SMARTS) is 2. The van der Waals surface area contributed by atoms with Gasteiger partial charge in [-0.05, 0) is 23.5 Å². The second-order valence-electron chi connectivity index (χ2n) is 4.65. The number of hydrogen-bond donors (Lipinski definition) is 3. The summed E-state index contributed by atoms with van der Waals surface area (Å²) >= 11 is 0. The van der Waals surface area contributed by atoms with Gasteiger partial charge in [-0.1, -0.05) is 24.3 Å². The molecule has 0 spiro atoms. The van der Waals surface area contributed by atoms with Crippen LogP contribution < -0.4 is 5.73 Å². The lowest BCUT2D eigenvalue weighted by atomic mass is 9.84. The third-order valence-electron chi connectivity index (χ3n) is 3.51. The van der Waals surface area contributed by atoms with Gasteiger partial charge in [0, 0.05) is 12.3 Å². The zero-order valence-electron chi connectivity index (χ0n) is 9.74. The number of aliphatic carboxylic acids is 2. The molecule has 1 aromatic carbocycles. The van der Waals surface area contributed by atoms with Crippen LogP contribution in [-0.2, 0) is 16.0 Å². The first-order chi connectivity index (χ1) is 8.50. The molecule has 0 aromatic heterocycles. The average Bonchev–Trinajstić information content (AvgIpc) is 2.64. The van der Waals surface area contributed by atoms with Crippen LogP contribution in [0.4, 0.5) is 0 Å². The Morgan fingerprint density at radius 2 is 2.00 bits per heavy atom. The molecule has 5 nitrogen and oxygen atoms in total. The number of benzene rings is 1. The Kier molecular flexibility index (Phi) is 3.34. The standard InChI is InChI=1S/C13H15NO4/c14-12(13(17)18)11-8(6-10(15)16)5-7-3-1-2-4-9(7)11/h1-4,8,11-12H,5-6,14H2,(H,15,16)(H,17,18). The molecule has 0 aliphatic heterocycles. The summed E-state index contributed by atoms with van der Waals surface area (Å²) in [4.78, 5) is 21.9. The first kappa shape index (κ1) is 12.6. The van der Waals surface area contributed by atoms with Gasteiger partial charge in [0.1, 0.15) is 6.04 Å². The number of carbonyl (C=O) groups is 2. The van der Waals surface area contributed by atoms with Crippen molar-refractivity contribution in [1.29, 1.82) is 0 Å². The van der Waals surface area contributed by atoms with Gasteiger partial charge in [0.2, 0.25) is 0 Å². The summed E-state index contributed by atoms with van der Waals surface area (Å²) in [6.07, 6.45) is 0.522. The molecule has 1 aliphatic carbocycles. The topological polar surface area (TPSA) is 101 Å². The van der Waals surface area contributed by atoms with Crippen LogP contribution in [0.3, 0.4) is 0 Å². The van der Waals surface area contributed by atoms with Crippen LogP contribution >= 0.6 is 0 Å². The second-order valence-corrected chi connectivity index (χ2v) is 4.65. The number of carboxylic acids is 2. The lowest BCUT2D eigenvalue weighted by Gasteiger charge is -2.22. The normalized spacial score (nSPS) is 23.4. The first-order valence-electron chi connectivity index (χ1n) is 5.78. The molecule has 0 heterocycles. The van der Waals surface area contributed by atoms with Crippen molar-refractivity contribution in [3.63, 3.8) is 0 Å². The Balaban J connectivity index is 2.35. The molecule has 0 amide bonds. The van der Waals surface area contributed by atoms with Crippen LogP contribution in [0.15, 0.2) is 24.3 Å². The van der Waals surface area contributed by atoms with E-state index in [1.807, 2.05) is 24.3 Å². The van der Waals surface area contributed by atoms with Gasteiger partial charge in [0.25, 0.3) is 0 Å². The van der Waals surface area contributed by atoms with E-state index in [9.17, 15) is 9.59 Å². The predicted octanol–water partition coefficient (Wildman–Crippen LogP) is 0.829. The molecule has 0 saturated carbocycles. The fraction of sp³-hybridized carbons (Fsp3) is 0.385. The highest BCUT2D eigenvalue weighted by Crippen LogP contribution is 2.41. The third-order valence-corrected chi connectivity index (χ3v) is 3.51. The van der Waals surface area contributed by atoms with Crippen LogP contribution in [0.25, 0.3) is 0 Å². The monoisotopic (exact) mass is 249 g/mol. The van der Waals surface area contributed by atoms with E-state index in [-0.39, 0.29) is 12.3 Å². The van der Waals surface area contributed by atoms with Gasteiger partial charge >= 0.3 is 11.9 Å². The summed E-state index contributed by atoms with van der Waals surface area (Å²) in [6.45, 7) is 0. The Morgan fingerprint density at radius 3 is 2.61 bits per heavy atom. The number of nitrogens with two attached hydrogens (primary N) is 1. The minimum absolute atomic E-state index is 0.0552. The van der Waals surface area contributed by atoms with Crippen molar-refractivity contribution < 1.29 is 19.8 Å². The molecule has 1 aliphatic rings. The molecule has 18 heavy (non-hydrogen) atoms. The molecule has 3 atom stereocenters. The van der Waals surface area contributed by atoms with E-state index in [1.54, 1.807) is 0 Å². The molecule has 0 radical (unpaired) electrons. The van der Waals surface area contributed by atoms with Crippen LogP contribution in [0.5, 0.6) is 0 Å². The molecular weight excluding hydrogens is 234 g/mol. The van der Waals surface area contributed by atoms with Gasteiger partial charge in [0.05, 0.1) is 0 Å². The van der Waals surface area contributed by atoms with Crippen LogP contribution in [0.2, 0.25) is 0 Å². The smallest absolute Gasteiger partial charge is 0.321 e. The molecule has 0 bridgehead atoms. The van der Waals surface area contributed by atoms with E-state index in [1.165, 1.54) is 0 Å². The van der Waals surface area contributed by atoms with Crippen molar-refractivity contribution in [3.05, 3.63) is 35.4 Å². The molecule has 5 heteroatoms. The third kappa shape index (κ3) is 2.22. The molecular formula is C13H15NO4. The first-order valence-corrected chi connectivity index (χ1v) is 5.78. The zero-order valence-corrected chi connectivity index (χ0v) is 9.74. The Bertz CT molecular complexity index is 486. The Morgan fingerprint density at radius 1 is 1.33 bits per heavy atom. The second kappa shape index (κ2) is 4.78. The number of rotatable bonds is 4. The van der Waals surface area contributed by atoms with Crippen LogP contribution in [0, 0.1) is 5.92 Å². The highest BCUT2D eigenvalue weighted by molar-refractivity contribution is 5.76. The van der Waals surface area contributed by atoms with Gasteiger partial charge in [0.15, 0.2) is 0 Å². The SMILES string of the molecule is NC(C(=O)O)C1c2ccccc2CC1CC(=O)O. The van der Waals surface area contributed by atoms with Crippen LogP contribution in [-0.4, -0.2) is 28.2 Å². The summed E-state index contributed by atoms with van der Waals surface area (Å²) < 4.78 is 0. The highest BCUT2D eigenvalue weighted by atomic mass is 16.4. The van der Waals surface area contributed by atoms with Crippen molar-refractivity contribution in [1.82, 2.24) is 0 Å². The van der Waals surface area contributed by atoms with E-state index < -0.39 is 23.9 Å². The van der Waals surface area contributed by atoms with Crippen molar-refractivity contribution in [2.45, 2.75) is 24.8 Å². The summed E-state index contributed by atoms with van der Waals surface area (Å²) in [5, 5.41) is 18.0. The highest BCUT2D eigenvalue weighted by Gasteiger charge is 2.39. The fourth-order valence-corrected chi connectivity index (χ4v) is 2.77. The minimum Gasteiger partial charge on any atom is -0.481 e. The maximum atomic E-state index is 11.1. The summed E-state index contributed by atoms with van der Waals surface area (Å²) in [6, 6.07) is 6.37. The Labute approximate surface area is 104 Å². The summed E-state index contributed by atoms with van der Waals surface area (Å²) in [5.41, 5.74) is 7.59. The van der Waals surface area contributed by atoms with Crippen LogP contribution in [0.1, 0.15) is 23.5 Å². The van der Waals surface area contributed by atoms with Gasteiger partial charge in [-0.15, -0.1) is 0 Å². The molecule has 4 N–H and O–H groups in total. The van der Waals surface area contributed by atoms with Crippen molar-refractivity contribution >= 4 is 11.9 Å². The summed E-state index contributed by atoms with van der Waals surface area (Å²) in [5.74, 6) is -2.68. The largest absolute Gasteiger partial charge is 0.481 e. The molecule has 0 saturated heterocycles. The lowest BCUT2D eigenvalue weighted by Crippen LogP contribution is -2.39. The molecule has 1 aromatic rings. The molecule has 0 fully saturated rings. The quantitative estimate of drug-likeness (QED) is 0.733. The van der Waals surface area contributed by atoms with Crippen molar-refractivity contribution in [3.8, 4) is 0 Å². The molecule has 3 unspecified atom stereocenters. The zero-order chi connectivity index (χ0) is 13.3. The Hall–Kier alpha value is -1.88. The van der Waals surface area contributed by atoms with E-state index in [0.29, 0.717) is 6.42 Å². The molecule has 2 rings (SSSR count). The average molecular weight is 249 g/mol. The molecule has 96 valence electrons. The minimum atomic E-state index is -1.09. The maximum absolute atomic E-state index is 11.1. The van der Waals surface area contributed by atoms with Gasteiger partial charge in [-0.25, -0.2) is 0 Å². The van der Waals surface area contributed by atoms with E-state index >= 15 is 0 Å². The van der Waals surface area contributed by atoms with Crippen molar-refractivity contribution in [2.75, 3.05) is 0 Å². The van der Waals surface area contributed by atoms with E-state index in [2.05, 4.69) is 0 Å². The van der Waals surface area contributed by atoms with Crippen molar-refractivity contribution in [2.24, 2.45) is 11.7 Å². The van der Waals surface area contributed by atoms with Gasteiger partial charge in [-0.3, -0.25) is 9.59 Å².